The van der Waals surface area contributed by atoms with E-state index in [1.54, 1.807) is 12.1 Å². The van der Waals surface area contributed by atoms with Crippen molar-refractivity contribution < 1.29 is 4.79 Å². The molecule has 0 radical (unpaired) electrons. The number of pyridine rings is 1. The predicted octanol–water partition coefficient (Wildman–Crippen LogP) is 3.17. The van der Waals surface area contributed by atoms with E-state index in [-0.39, 0.29) is 6.03 Å². The summed E-state index contributed by atoms with van der Waals surface area (Å²) in [5.74, 6) is 0.509. The number of carbonyl (C=O) groups is 1. The third-order valence-corrected chi connectivity index (χ3v) is 2.69. The molecule has 1 aromatic carbocycles. The molecule has 0 aliphatic rings. The molecule has 0 atom stereocenters. The average Bonchev–Trinajstić information content (AvgIpc) is 2.38. The number of amides is 2. The molecule has 5 heteroatoms. The molecule has 1 heterocycles. The molecule has 0 aliphatic heterocycles. The van der Waals surface area contributed by atoms with Gasteiger partial charge in [-0.3, -0.25) is 5.32 Å². The number of nitrogens with zero attached hydrogens (tertiary/aromatic N) is 1. The highest BCUT2D eigenvalue weighted by atomic mass is 79.9. The van der Waals surface area contributed by atoms with Crippen molar-refractivity contribution in [2.45, 2.75) is 6.54 Å². The quantitative estimate of drug-likeness (QED) is 0.856. The lowest BCUT2D eigenvalue weighted by molar-refractivity contribution is 0.251. The molecule has 2 aromatic rings. The van der Waals surface area contributed by atoms with Crippen molar-refractivity contribution in [1.82, 2.24) is 10.3 Å². The van der Waals surface area contributed by atoms with Crippen LogP contribution >= 0.6 is 15.9 Å². The smallest absolute Gasteiger partial charge is 0.320 e. The summed E-state index contributed by atoms with van der Waals surface area (Å²) in [5.41, 5.74) is 1.05. The molecule has 0 spiro atoms. The van der Waals surface area contributed by atoms with Crippen LogP contribution in [0.2, 0.25) is 0 Å². The number of urea groups is 1. The molecule has 1 aromatic heterocycles. The lowest BCUT2D eigenvalue weighted by Gasteiger charge is -2.07. The van der Waals surface area contributed by atoms with Crippen LogP contribution in [-0.4, -0.2) is 11.0 Å². The van der Waals surface area contributed by atoms with Gasteiger partial charge in [0.15, 0.2) is 0 Å². The van der Waals surface area contributed by atoms with Crippen LogP contribution in [0.3, 0.4) is 0 Å². The molecular formula is C13H12BrN3O. The van der Waals surface area contributed by atoms with Gasteiger partial charge in [-0.25, -0.2) is 9.78 Å². The summed E-state index contributed by atoms with van der Waals surface area (Å²) in [7, 11) is 0. The van der Waals surface area contributed by atoms with Gasteiger partial charge in [0.1, 0.15) is 10.4 Å². The largest absolute Gasteiger partial charge is 0.334 e. The minimum absolute atomic E-state index is 0.274. The summed E-state index contributed by atoms with van der Waals surface area (Å²) < 4.78 is 0.684. The Morgan fingerprint density at radius 2 is 1.89 bits per heavy atom. The summed E-state index contributed by atoms with van der Waals surface area (Å²) in [5, 5.41) is 5.42. The Kier molecular flexibility index (Phi) is 4.30. The number of rotatable bonds is 3. The van der Waals surface area contributed by atoms with Crippen molar-refractivity contribution in [2.24, 2.45) is 0 Å². The zero-order valence-electron chi connectivity index (χ0n) is 9.56. The highest BCUT2D eigenvalue weighted by Gasteiger charge is 2.02. The Morgan fingerprint density at radius 1 is 1.11 bits per heavy atom. The summed E-state index contributed by atoms with van der Waals surface area (Å²) in [6.45, 7) is 0.487. The van der Waals surface area contributed by atoms with Gasteiger partial charge in [0, 0.05) is 6.54 Å². The Balaban J connectivity index is 1.86. The number of benzene rings is 1. The number of anilines is 1. The first-order chi connectivity index (χ1) is 8.74. The Morgan fingerprint density at radius 3 is 2.61 bits per heavy atom. The van der Waals surface area contributed by atoms with E-state index in [0.717, 1.165) is 5.56 Å². The van der Waals surface area contributed by atoms with Gasteiger partial charge in [0.05, 0.1) is 0 Å². The summed E-state index contributed by atoms with van der Waals surface area (Å²) in [4.78, 5) is 15.7. The number of halogens is 1. The van der Waals surface area contributed by atoms with Crippen molar-refractivity contribution in [1.29, 1.82) is 0 Å². The standard InChI is InChI=1S/C13H12BrN3O/c14-11-7-4-8-12(16-11)17-13(18)15-9-10-5-2-1-3-6-10/h1-8H,9H2,(H2,15,16,17,18). The van der Waals surface area contributed by atoms with E-state index in [0.29, 0.717) is 17.0 Å². The van der Waals surface area contributed by atoms with Crippen LogP contribution in [0.1, 0.15) is 5.56 Å². The van der Waals surface area contributed by atoms with Crippen LogP contribution in [0.5, 0.6) is 0 Å². The molecule has 92 valence electrons. The zero-order chi connectivity index (χ0) is 12.8. The molecule has 0 fully saturated rings. The number of carbonyl (C=O) groups excluding carboxylic acids is 1. The Hall–Kier alpha value is -1.88. The fourth-order valence-electron chi connectivity index (χ4n) is 1.42. The molecule has 18 heavy (non-hydrogen) atoms. The van der Waals surface area contributed by atoms with E-state index in [4.69, 9.17) is 0 Å². The van der Waals surface area contributed by atoms with Crippen LogP contribution < -0.4 is 10.6 Å². The summed E-state index contributed by atoms with van der Waals surface area (Å²) >= 11 is 3.24. The predicted molar refractivity (Wildman–Crippen MR) is 74.2 cm³/mol. The minimum Gasteiger partial charge on any atom is -0.334 e. The number of hydrogen-bond acceptors (Lipinski definition) is 2. The number of nitrogens with one attached hydrogen (secondary N) is 2. The number of aromatic nitrogens is 1. The van der Waals surface area contributed by atoms with E-state index >= 15 is 0 Å². The molecular weight excluding hydrogens is 294 g/mol. The van der Waals surface area contributed by atoms with Gasteiger partial charge >= 0.3 is 6.03 Å². The molecule has 0 unspecified atom stereocenters. The van der Waals surface area contributed by atoms with Gasteiger partial charge < -0.3 is 5.32 Å². The van der Waals surface area contributed by atoms with E-state index < -0.39 is 0 Å². The first-order valence-electron chi connectivity index (χ1n) is 5.45. The van der Waals surface area contributed by atoms with E-state index in [9.17, 15) is 4.79 Å². The molecule has 2 amide bonds. The van der Waals surface area contributed by atoms with Crippen LogP contribution in [0, 0.1) is 0 Å². The third-order valence-electron chi connectivity index (χ3n) is 2.25. The summed E-state index contributed by atoms with van der Waals surface area (Å²) in [6, 6.07) is 14.8. The van der Waals surface area contributed by atoms with Crippen LogP contribution in [0.15, 0.2) is 53.1 Å². The van der Waals surface area contributed by atoms with E-state index in [1.165, 1.54) is 0 Å². The maximum atomic E-state index is 11.6. The molecule has 0 saturated carbocycles. The lowest BCUT2D eigenvalue weighted by Crippen LogP contribution is -2.28. The van der Waals surface area contributed by atoms with Gasteiger partial charge in [-0.2, -0.15) is 0 Å². The fraction of sp³-hybridized carbons (Fsp3) is 0.0769. The normalized spacial score (nSPS) is 9.83. The van der Waals surface area contributed by atoms with Gasteiger partial charge in [0.2, 0.25) is 0 Å². The second-order valence-electron chi connectivity index (χ2n) is 3.64. The average molecular weight is 306 g/mol. The van der Waals surface area contributed by atoms with Crippen molar-refractivity contribution in [3.63, 3.8) is 0 Å². The molecule has 0 aliphatic carbocycles. The lowest BCUT2D eigenvalue weighted by atomic mass is 10.2. The van der Waals surface area contributed by atoms with Crippen molar-refractivity contribution >= 4 is 27.8 Å². The number of hydrogen-bond donors (Lipinski definition) is 2. The van der Waals surface area contributed by atoms with Crippen molar-refractivity contribution in [2.75, 3.05) is 5.32 Å². The van der Waals surface area contributed by atoms with Crippen LogP contribution in [-0.2, 0) is 6.54 Å². The van der Waals surface area contributed by atoms with Gasteiger partial charge in [-0.1, -0.05) is 36.4 Å². The monoisotopic (exact) mass is 305 g/mol. The highest BCUT2D eigenvalue weighted by molar-refractivity contribution is 9.10. The van der Waals surface area contributed by atoms with Crippen molar-refractivity contribution in [3.8, 4) is 0 Å². The first-order valence-corrected chi connectivity index (χ1v) is 6.25. The second kappa shape index (κ2) is 6.16. The molecule has 2 N–H and O–H groups in total. The fourth-order valence-corrected chi connectivity index (χ4v) is 1.76. The molecule has 4 nitrogen and oxygen atoms in total. The van der Waals surface area contributed by atoms with Gasteiger partial charge in [-0.15, -0.1) is 0 Å². The maximum Gasteiger partial charge on any atom is 0.320 e. The van der Waals surface area contributed by atoms with Gasteiger partial charge in [0.25, 0.3) is 0 Å². The van der Waals surface area contributed by atoms with E-state index in [1.807, 2.05) is 36.4 Å². The first kappa shape index (κ1) is 12.6. The second-order valence-corrected chi connectivity index (χ2v) is 4.45. The summed E-state index contributed by atoms with van der Waals surface area (Å²) in [6.07, 6.45) is 0. The zero-order valence-corrected chi connectivity index (χ0v) is 11.1. The topological polar surface area (TPSA) is 54.0 Å². The van der Waals surface area contributed by atoms with Gasteiger partial charge in [-0.05, 0) is 33.6 Å². The van der Waals surface area contributed by atoms with Crippen molar-refractivity contribution in [3.05, 3.63) is 58.7 Å². The Labute approximate surface area is 114 Å². The Bertz CT molecular complexity index is 531. The SMILES string of the molecule is O=C(NCc1ccccc1)Nc1cccc(Br)n1. The van der Waals surface area contributed by atoms with E-state index in [2.05, 4.69) is 31.5 Å². The molecule has 2 rings (SSSR count). The third kappa shape index (κ3) is 3.85. The molecule has 0 saturated heterocycles. The minimum atomic E-state index is -0.274. The maximum absolute atomic E-state index is 11.6. The van der Waals surface area contributed by atoms with Crippen LogP contribution in [0.25, 0.3) is 0 Å². The van der Waals surface area contributed by atoms with Crippen LogP contribution in [0.4, 0.5) is 10.6 Å². The highest BCUT2D eigenvalue weighted by Crippen LogP contribution is 2.09. The molecule has 0 bridgehead atoms.